The molecule has 1 aromatic carbocycles. The Balaban J connectivity index is 2.18. The van der Waals surface area contributed by atoms with Crippen LogP contribution < -0.4 is 5.73 Å². The molecule has 1 aromatic rings. The Morgan fingerprint density at radius 3 is 2.44 bits per heavy atom. The molecule has 2 N–H and O–H groups in total. The molecule has 124 valence electrons. The molecule has 0 spiro atoms. The van der Waals surface area contributed by atoms with Crippen LogP contribution in [0.25, 0.3) is 0 Å². The van der Waals surface area contributed by atoms with Crippen molar-refractivity contribution < 1.29 is 4.92 Å². The first-order valence-corrected chi connectivity index (χ1v) is 7.95. The van der Waals surface area contributed by atoms with Crippen molar-refractivity contribution in [3.05, 3.63) is 51.2 Å². The normalized spacial score (nSPS) is 24.7. The predicted molar refractivity (Wildman–Crippen MR) is 87.2 cm³/mol. The van der Waals surface area contributed by atoms with Crippen molar-refractivity contribution in [2.75, 3.05) is 0 Å². The topological polar surface area (TPSA) is 141 Å². The van der Waals surface area contributed by atoms with Crippen molar-refractivity contribution in [1.82, 2.24) is 0 Å². The van der Waals surface area contributed by atoms with Gasteiger partial charge >= 0.3 is 0 Å². The van der Waals surface area contributed by atoms with Gasteiger partial charge in [0.05, 0.1) is 34.4 Å². The van der Waals surface area contributed by atoms with Crippen LogP contribution in [0, 0.1) is 61.4 Å². The highest BCUT2D eigenvalue weighted by molar-refractivity contribution is 5.50. The van der Waals surface area contributed by atoms with Crippen molar-refractivity contribution in [2.24, 2.45) is 23.0 Å². The zero-order valence-electron chi connectivity index (χ0n) is 13.3. The minimum atomic E-state index is -1.69. The first-order chi connectivity index (χ1) is 12.0. The fourth-order valence-electron chi connectivity index (χ4n) is 3.76. The van der Waals surface area contributed by atoms with Crippen LogP contribution in [0.1, 0.15) is 30.7 Å². The summed E-state index contributed by atoms with van der Waals surface area (Å²) >= 11 is 0. The molecule has 1 fully saturated rings. The maximum Gasteiger partial charge on any atom is 0.269 e. The van der Waals surface area contributed by atoms with Gasteiger partial charge in [0.2, 0.25) is 0 Å². The summed E-state index contributed by atoms with van der Waals surface area (Å²) in [6.45, 7) is 0. The molecule has 7 heteroatoms. The highest BCUT2D eigenvalue weighted by Crippen LogP contribution is 2.55. The molecule has 25 heavy (non-hydrogen) atoms. The van der Waals surface area contributed by atoms with Gasteiger partial charge in [-0.15, -0.1) is 0 Å². The lowest BCUT2D eigenvalue weighted by Crippen LogP contribution is -2.39. The average Bonchev–Trinajstić information content (AvgIpc) is 3.46. The molecule has 7 nitrogen and oxygen atoms in total. The van der Waals surface area contributed by atoms with Gasteiger partial charge in [-0.05, 0) is 36.7 Å². The number of non-ortho nitro benzene ring substituents is 1. The number of allylic oxidation sites excluding steroid dienone is 2. The molecule has 0 aliphatic heterocycles. The highest BCUT2D eigenvalue weighted by atomic mass is 16.6. The number of nitriles is 3. The Bertz CT molecular complexity index is 881. The minimum absolute atomic E-state index is 0.000318. The Hall–Kier alpha value is -3.37. The van der Waals surface area contributed by atoms with Crippen LogP contribution in [0.5, 0.6) is 0 Å². The number of hydrogen-bond donors (Lipinski definition) is 1. The number of nitro benzene ring substituents is 1. The van der Waals surface area contributed by atoms with Gasteiger partial charge in [-0.1, -0.05) is 12.1 Å². The Morgan fingerprint density at radius 1 is 1.24 bits per heavy atom. The monoisotopic (exact) mass is 333 g/mol. The van der Waals surface area contributed by atoms with Gasteiger partial charge in [-0.25, -0.2) is 0 Å². The lowest BCUT2D eigenvalue weighted by atomic mass is 9.61. The molecule has 0 aromatic heterocycles. The smallest absolute Gasteiger partial charge is 0.269 e. The van der Waals surface area contributed by atoms with Crippen LogP contribution in [0.3, 0.4) is 0 Å². The number of rotatable bonds is 3. The van der Waals surface area contributed by atoms with Gasteiger partial charge in [-0.3, -0.25) is 10.1 Å². The maximum atomic E-state index is 11.1. The van der Waals surface area contributed by atoms with Crippen LogP contribution in [-0.4, -0.2) is 4.92 Å². The Labute approximate surface area is 144 Å². The summed E-state index contributed by atoms with van der Waals surface area (Å²) in [6.07, 6.45) is 2.38. The Morgan fingerprint density at radius 2 is 1.92 bits per heavy atom. The summed E-state index contributed by atoms with van der Waals surface area (Å²) in [5.41, 5.74) is 5.22. The summed E-state index contributed by atoms with van der Waals surface area (Å²) in [5.74, 6) is -0.390. The number of hydrogen-bond acceptors (Lipinski definition) is 6. The van der Waals surface area contributed by atoms with Crippen molar-refractivity contribution >= 4 is 5.69 Å². The van der Waals surface area contributed by atoms with Crippen molar-refractivity contribution in [3.8, 4) is 18.2 Å². The summed E-state index contributed by atoms with van der Waals surface area (Å²) in [5, 5.41) is 40.1. The van der Waals surface area contributed by atoms with E-state index >= 15 is 0 Å². The van der Waals surface area contributed by atoms with E-state index in [1.54, 1.807) is 12.1 Å². The number of nitrogens with two attached hydrogens (primary N) is 1. The van der Waals surface area contributed by atoms with E-state index in [1.807, 2.05) is 12.1 Å². The quantitative estimate of drug-likeness (QED) is 0.666. The van der Waals surface area contributed by atoms with E-state index in [0.717, 1.165) is 12.8 Å². The van der Waals surface area contributed by atoms with Gasteiger partial charge in [-0.2, -0.15) is 15.8 Å². The lowest BCUT2D eigenvalue weighted by Gasteiger charge is -2.38. The summed E-state index contributed by atoms with van der Waals surface area (Å²) in [6, 6.07) is 12.1. The third kappa shape index (κ3) is 2.49. The second-order valence-corrected chi connectivity index (χ2v) is 6.56. The van der Waals surface area contributed by atoms with Gasteiger partial charge in [0, 0.05) is 18.1 Å². The van der Waals surface area contributed by atoms with Gasteiger partial charge in [0.1, 0.15) is 0 Å². The third-order valence-corrected chi connectivity index (χ3v) is 5.25. The van der Waals surface area contributed by atoms with Crippen LogP contribution in [-0.2, 0) is 0 Å². The molecule has 3 rings (SSSR count). The van der Waals surface area contributed by atoms with E-state index in [4.69, 9.17) is 5.73 Å². The highest BCUT2D eigenvalue weighted by Gasteiger charge is 2.52. The molecule has 2 aliphatic carbocycles. The molecule has 0 bridgehead atoms. The number of nitrogens with zero attached hydrogens (tertiary/aromatic N) is 4. The minimum Gasteiger partial charge on any atom is -0.399 e. The summed E-state index contributed by atoms with van der Waals surface area (Å²) < 4.78 is 0. The molecule has 1 saturated carbocycles. The first kappa shape index (κ1) is 16.5. The van der Waals surface area contributed by atoms with E-state index in [2.05, 4.69) is 6.07 Å². The van der Waals surface area contributed by atoms with Crippen molar-refractivity contribution in [2.45, 2.75) is 25.2 Å². The molecule has 2 atom stereocenters. The SMILES string of the molecule is N#CC1=C(N)C(C#N)(C#N)[C@@H](c2cccc([N+](=O)[O-])c2)C[C@H]1C1CC1. The van der Waals surface area contributed by atoms with Crippen LogP contribution in [0.2, 0.25) is 0 Å². The Kier molecular flexibility index (Phi) is 3.91. The second-order valence-electron chi connectivity index (χ2n) is 6.56. The molecule has 0 unspecified atom stereocenters. The predicted octanol–water partition coefficient (Wildman–Crippen LogP) is 2.88. The average molecular weight is 333 g/mol. The van der Waals surface area contributed by atoms with Gasteiger partial charge in [0.25, 0.3) is 5.69 Å². The molecule has 0 saturated heterocycles. The van der Waals surface area contributed by atoms with Gasteiger partial charge in [0.15, 0.2) is 5.41 Å². The molecule has 0 heterocycles. The standard InChI is InChI=1S/C18H15N5O2/c19-8-15-14(11-4-5-11)7-16(18(9-20,10-21)17(15)22)12-2-1-3-13(6-12)23(24)25/h1-3,6,11,14,16H,4-5,7,22H2/t14-,16+/m0/s1. The first-order valence-electron chi connectivity index (χ1n) is 7.95. The zero-order chi connectivity index (χ0) is 18.2. The third-order valence-electron chi connectivity index (χ3n) is 5.25. The lowest BCUT2D eigenvalue weighted by molar-refractivity contribution is -0.384. The van der Waals surface area contributed by atoms with Crippen LogP contribution in [0.15, 0.2) is 35.5 Å². The molecule has 0 amide bonds. The molecular formula is C18H15N5O2. The molecule has 0 radical (unpaired) electrons. The maximum absolute atomic E-state index is 11.1. The van der Waals surface area contributed by atoms with E-state index < -0.39 is 16.3 Å². The van der Waals surface area contributed by atoms with Crippen molar-refractivity contribution in [1.29, 1.82) is 15.8 Å². The van der Waals surface area contributed by atoms with E-state index in [9.17, 15) is 25.9 Å². The summed E-state index contributed by atoms with van der Waals surface area (Å²) in [4.78, 5) is 10.6. The zero-order valence-corrected chi connectivity index (χ0v) is 13.3. The summed E-state index contributed by atoms with van der Waals surface area (Å²) in [7, 11) is 0. The van der Waals surface area contributed by atoms with Crippen LogP contribution in [0.4, 0.5) is 5.69 Å². The number of benzene rings is 1. The van der Waals surface area contributed by atoms with Gasteiger partial charge < -0.3 is 5.73 Å². The molecule has 2 aliphatic rings. The van der Waals surface area contributed by atoms with E-state index in [0.29, 0.717) is 23.5 Å². The van der Waals surface area contributed by atoms with Crippen molar-refractivity contribution in [3.63, 3.8) is 0 Å². The molecular weight excluding hydrogens is 318 g/mol. The number of nitro groups is 1. The second kappa shape index (κ2) is 5.92. The van der Waals surface area contributed by atoms with Crippen LogP contribution >= 0.6 is 0 Å². The fraction of sp³-hybridized carbons (Fsp3) is 0.389. The fourth-order valence-corrected chi connectivity index (χ4v) is 3.76. The largest absolute Gasteiger partial charge is 0.399 e. The van der Waals surface area contributed by atoms with E-state index in [-0.39, 0.29) is 17.3 Å². The van der Waals surface area contributed by atoms with E-state index in [1.165, 1.54) is 12.1 Å².